The van der Waals surface area contributed by atoms with Crippen molar-refractivity contribution in [1.29, 1.82) is 0 Å². The van der Waals surface area contributed by atoms with Gasteiger partial charge in [0.2, 0.25) is 0 Å². The van der Waals surface area contributed by atoms with Crippen molar-refractivity contribution in [2.75, 3.05) is 23.8 Å². The molecule has 156 valence electrons. The highest BCUT2D eigenvalue weighted by atomic mass is 79.9. The number of hydrogen-bond donors (Lipinski definition) is 2. The topological polar surface area (TPSA) is 59.6 Å². The summed E-state index contributed by atoms with van der Waals surface area (Å²) in [5.74, 6) is 0.896. The number of rotatable bonds is 9. The summed E-state index contributed by atoms with van der Waals surface area (Å²) in [4.78, 5) is 12.3. The average molecular weight is 469 g/mol. The van der Waals surface area contributed by atoms with Gasteiger partial charge in [-0.2, -0.15) is 0 Å². The molecule has 0 aromatic heterocycles. The van der Waals surface area contributed by atoms with Gasteiger partial charge in [0.05, 0.1) is 6.61 Å². The molecule has 3 aromatic rings. The van der Waals surface area contributed by atoms with E-state index < -0.39 is 0 Å². The molecule has 0 saturated carbocycles. The minimum absolute atomic E-state index is 0.109. The van der Waals surface area contributed by atoms with Gasteiger partial charge in [-0.05, 0) is 55.8 Å². The van der Waals surface area contributed by atoms with Gasteiger partial charge in [-0.3, -0.25) is 4.79 Å². The Kier molecular flexibility index (Phi) is 7.74. The Bertz CT molecular complexity index is 976. The fraction of sp³-hybridized carbons (Fsp3) is 0.208. The van der Waals surface area contributed by atoms with E-state index in [0.717, 1.165) is 27.0 Å². The summed E-state index contributed by atoms with van der Waals surface area (Å²) in [6.45, 7) is 4.93. The molecule has 0 heterocycles. The van der Waals surface area contributed by atoms with Crippen molar-refractivity contribution in [3.8, 4) is 11.5 Å². The lowest BCUT2D eigenvalue weighted by molar-refractivity contribution is -0.118. The number of carbonyl (C=O) groups is 1. The number of anilines is 2. The lowest BCUT2D eigenvalue weighted by Crippen LogP contribution is -2.20. The minimum Gasteiger partial charge on any atom is -0.490 e. The predicted octanol–water partition coefficient (Wildman–Crippen LogP) is 5.79. The first-order chi connectivity index (χ1) is 14.5. The summed E-state index contributed by atoms with van der Waals surface area (Å²) in [5, 5.41) is 6.21. The molecule has 3 rings (SSSR count). The molecular weight excluding hydrogens is 444 g/mol. The predicted molar refractivity (Wildman–Crippen MR) is 124 cm³/mol. The van der Waals surface area contributed by atoms with Crippen molar-refractivity contribution < 1.29 is 14.3 Å². The Morgan fingerprint density at radius 3 is 2.33 bits per heavy atom. The molecule has 0 aliphatic carbocycles. The second-order valence-electron chi connectivity index (χ2n) is 6.75. The molecule has 0 saturated heterocycles. The van der Waals surface area contributed by atoms with Gasteiger partial charge >= 0.3 is 0 Å². The van der Waals surface area contributed by atoms with Crippen LogP contribution in [0.1, 0.15) is 18.1 Å². The van der Waals surface area contributed by atoms with Gasteiger partial charge in [0.25, 0.3) is 5.91 Å². The SMILES string of the molecule is CCOc1cc(CNc2ccccc2)c(Br)cc1OCC(=O)Nc1ccc(C)cc1. The lowest BCUT2D eigenvalue weighted by atomic mass is 10.2. The molecule has 5 nitrogen and oxygen atoms in total. The third-order valence-electron chi connectivity index (χ3n) is 4.36. The van der Waals surface area contributed by atoms with Crippen molar-refractivity contribution in [3.63, 3.8) is 0 Å². The van der Waals surface area contributed by atoms with E-state index in [4.69, 9.17) is 9.47 Å². The Morgan fingerprint density at radius 1 is 0.933 bits per heavy atom. The fourth-order valence-corrected chi connectivity index (χ4v) is 3.29. The van der Waals surface area contributed by atoms with Crippen LogP contribution in [-0.2, 0) is 11.3 Å². The van der Waals surface area contributed by atoms with Crippen LogP contribution in [0.15, 0.2) is 71.2 Å². The highest BCUT2D eigenvalue weighted by Crippen LogP contribution is 2.34. The Labute approximate surface area is 185 Å². The van der Waals surface area contributed by atoms with Crippen LogP contribution in [0.2, 0.25) is 0 Å². The number of amides is 1. The molecule has 2 N–H and O–H groups in total. The van der Waals surface area contributed by atoms with E-state index in [1.165, 1.54) is 0 Å². The molecular formula is C24H25BrN2O3. The number of para-hydroxylation sites is 1. The van der Waals surface area contributed by atoms with Crippen LogP contribution >= 0.6 is 15.9 Å². The van der Waals surface area contributed by atoms with Crippen LogP contribution in [0.25, 0.3) is 0 Å². The van der Waals surface area contributed by atoms with E-state index in [-0.39, 0.29) is 12.5 Å². The molecule has 0 unspecified atom stereocenters. The summed E-state index contributed by atoms with van der Waals surface area (Å²) in [5.41, 5.74) is 3.94. The van der Waals surface area contributed by atoms with Crippen molar-refractivity contribution in [1.82, 2.24) is 0 Å². The molecule has 0 aliphatic heterocycles. The highest BCUT2D eigenvalue weighted by Gasteiger charge is 2.13. The third kappa shape index (κ3) is 6.26. The molecule has 0 spiro atoms. The number of ether oxygens (including phenoxy) is 2. The molecule has 0 aliphatic rings. The largest absolute Gasteiger partial charge is 0.490 e. The molecule has 6 heteroatoms. The van der Waals surface area contributed by atoms with Crippen molar-refractivity contribution in [3.05, 3.63) is 82.3 Å². The van der Waals surface area contributed by atoms with Crippen molar-refractivity contribution in [2.45, 2.75) is 20.4 Å². The standard InChI is InChI=1S/C24H25BrN2O3/c1-3-29-22-13-18(15-26-19-7-5-4-6-8-19)21(25)14-23(22)30-16-24(28)27-20-11-9-17(2)10-12-20/h4-14,26H,3,15-16H2,1-2H3,(H,27,28). The molecule has 30 heavy (non-hydrogen) atoms. The first kappa shape index (κ1) is 21.7. The molecule has 0 atom stereocenters. The quantitative estimate of drug-likeness (QED) is 0.417. The highest BCUT2D eigenvalue weighted by molar-refractivity contribution is 9.10. The Morgan fingerprint density at radius 2 is 1.63 bits per heavy atom. The first-order valence-corrected chi connectivity index (χ1v) is 10.6. The normalized spacial score (nSPS) is 10.4. The zero-order valence-corrected chi connectivity index (χ0v) is 18.7. The molecule has 3 aromatic carbocycles. The Balaban J connectivity index is 1.65. The van der Waals surface area contributed by atoms with Crippen LogP contribution in [0.5, 0.6) is 11.5 Å². The average Bonchev–Trinajstić information content (AvgIpc) is 2.75. The summed E-state index contributed by atoms with van der Waals surface area (Å²) in [6, 6.07) is 21.4. The van der Waals surface area contributed by atoms with Crippen LogP contribution < -0.4 is 20.1 Å². The summed E-state index contributed by atoms with van der Waals surface area (Å²) < 4.78 is 12.4. The maximum Gasteiger partial charge on any atom is 0.262 e. The van der Waals surface area contributed by atoms with Crippen LogP contribution in [0, 0.1) is 6.92 Å². The number of benzene rings is 3. The van der Waals surface area contributed by atoms with Gasteiger partial charge in [0.1, 0.15) is 0 Å². The van der Waals surface area contributed by atoms with Gasteiger partial charge in [0, 0.05) is 22.4 Å². The monoisotopic (exact) mass is 468 g/mol. The zero-order valence-electron chi connectivity index (χ0n) is 17.1. The Hall–Kier alpha value is -2.99. The number of halogens is 1. The number of aryl methyl sites for hydroxylation is 1. The second kappa shape index (κ2) is 10.7. The second-order valence-corrected chi connectivity index (χ2v) is 7.60. The molecule has 0 fully saturated rings. The van der Waals surface area contributed by atoms with E-state index >= 15 is 0 Å². The van der Waals surface area contributed by atoms with Crippen molar-refractivity contribution in [2.24, 2.45) is 0 Å². The number of nitrogens with one attached hydrogen (secondary N) is 2. The summed E-state index contributed by atoms with van der Waals surface area (Å²) in [6.07, 6.45) is 0. The summed E-state index contributed by atoms with van der Waals surface area (Å²) in [7, 11) is 0. The summed E-state index contributed by atoms with van der Waals surface area (Å²) >= 11 is 3.60. The van der Waals surface area contributed by atoms with E-state index in [0.29, 0.717) is 24.7 Å². The van der Waals surface area contributed by atoms with E-state index in [9.17, 15) is 4.79 Å². The molecule has 1 amide bonds. The lowest BCUT2D eigenvalue weighted by Gasteiger charge is -2.16. The maximum atomic E-state index is 12.3. The van der Waals surface area contributed by atoms with Gasteiger partial charge in [-0.25, -0.2) is 0 Å². The molecule has 0 radical (unpaired) electrons. The van der Waals surface area contributed by atoms with Gasteiger partial charge < -0.3 is 20.1 Å². The smallest absolute Gasteiger partial charge is 0.262 e. The zero-order chi connectivity index (χ0) is 21.3. The number of carbonyl (C=O) groups excluding carboxylic acids is 1. The van der Waals surface area contributed by atoms with Gasteiger partial charge in [-0.1, -0.05) is 51.8 Å². The van der Waals surface area contributed by atoms with Crippen molar-refractivity contribution >= 4 is 33.2 Å². The third-order valence-corrected chi connectivity index (χ3v) is 5.10. The minimum atomic E-state index is -0.229. The molecule has 0 bridgehead atoms. The van der Waals surface area contributed by atoms with E-state index in [1.807, 2.05) is 80.6 Å². The maximum absolute atomic E-state index is 12.3. The van der Waals surface area contributed by atoms with E-state index in [1.54, 1.807) is 0 Å². The van der Waals surface area contributed by atoms with E-state index in [2.05, 4.69) is 26.6 Å². The van der Waals surface area contributed by atoms with Crippen LogP contribution in [0.3, 0.4) is 0 Å². The fourth-order valence-electron chi connectivity index (χ4n) is 2.82. The van der Waals surface area contributed by atoms with Crippen LogP contribution in [-0.4, -0.2) is 19.1 Å². The first-order valence-electron chi connectivity index (χ1n) is 9.78. The van der Waals surface area contributed by atoms with Gasteiger partial charge in [-0.15, -0.1) is 0 Å². The van der Waals surface area contributed by atoms with Crippen LogP contribution in [0.4, 0.5) is 11.4 Å². The number of hydrogen-bond acceptors (Lipinski definition) is 4. The van der Waals surface area contributed by atoms with Gasteiger partial charge in [0.15, 0.2) is 18.1 Å².